The number of aryl methyl sites for hydroxylation is 1. The van der Waals surface area contributed by atoms with Crippen LogP contribution in [-0.4, -0.2) is 20.7 Å². The lowest BCUT2D eigenvalue weighted by Crippen LogP contribution is -2.23. The number of carbonyl (C=O) groups is 1. The zero-order valence-corrected chi connectivity index (χ0v) is 15.7. The van der Waals surface area contributed by atoms with E-state index in [-0.39, 0.29) is 11.3 Å². The predicted octanol–water partition coefficient (Wildman–Crippen LogP) is 3.67. The fourth-order valence-corrected chi connectivity index (χ4v) is 3.18. The molecule has 0 spiro atoms. The minimum atomic E-state index is -0.395. The first kappa shape index (κ1) is 18.0. The van der Waals surface area contributed by atoms with Gasteiger partial charge < -0.3 is 0 Å². The molecular weight excluding hydrogens is 348 g/mol. The number of rotatable bonds is 5. The van der Waals surface area contributed by atoms with Gasteiger partial charge in [0.1, 0.15) is 5.69 Å². The Bertz CT molecular complexity index is 976. The van der Waals surface area contributed by atoms with E-state index in [1.165, 1.54) is 36.1 Å². The standard InChI is InChI=1S/C19H20N4O2S/c1-4-12(2)13-5-7-14(8-6-13)16-11-26-19(20-16)21-18(25)15-9-10-17(24)23(3)22-15/h5-12H,4H2,1-3H3,(H,20,21,25)/t12-/m1/s1. The highest BCUT2D eigenvalue weighted by Crippen LogP contribution is 2.27. The van der Waals surface area contributed by atoms with Crippen LogP contribution < -0.4 is 10.9 Å². The van der Waals surface area contributed by atoms with E-state index in [2.05, 4.69) is 53.5 Å². The Morgan fingerprint density at radius 2 is 1.96 bits per heavy atom. The lowest BCUT2D eigenvalue weighted by atomic mass is 9.97. The van der Waals surface area contributed by atoms with E-state index in [4.69, 9.17) is 0 Å². The average Bonchev–Trinajstić information content (AvgIpc) is 3.11. The Hall–Kier alpha value is -2.80. The molecule has 1 atom stereocenters. The van der Waals surface area contributed by atoms with Gasteiger partial charge in [-0.15, -0.1) is 11.3 Å². The van der Waals surface area contributed by atoms with Gasteiger partial charge in [-0.1, -0.05) is 38.1 Å². The minimum Gasteiger partial charge on any atom is -0.296 e. The lowest BCUT2D eigenvalue weighted by Gasteiger charge is -2.08. The molecule has 0 fully saturated rings. The number of anilines is 1. The summed E-state index contributed by atoms with van der Waals surface area (Å²) in [6.07, 6.45) is 1.10. The molecular formula is C19H20N4O2S. The van der Waals surface area contributed by atoms with Crippen LogP contribution >= 0.6 is 11.3 Å². The Balaban J connectivity index is 1.74. The van der Waals surface area contributed by atoms with Crippen molar-refractivity contribution in [3.8, 4) is 11.3 Å². The van der Waals surface area contributed by atoms with Gasteiger partial charge in [0.15, 0.2) is 5.13 Å². The molecule has 0 aliphatic carbocycles. The summed E-state index contributed by atoms with van der Waals surface area (Å²) in [5.74, 6) is 0.136. The summed E-state index contributed by atoms with van der Waals surface area (Å²) in [5, 5.41) is 9.06. The molecule has 0 saturated carbocycles. The summed E-state index contributed by atoms with van der Waals surface area (Å²) >= 11 is 1.35. The monoisotopic (exact) mass is 368 g/mol. The largest absolute Gasteiger partial charge is 0.296 e. The summed E-state index contributed by atoms with van der Waals surface area (Å²) in [6, 6.07) is 11.1. The molecule has 1 aromatic carbocycles. The number of benzene rings is 1. The van der Waals surface area contributed by atoms with Gasteiger partial charge in [0.25, 0.3) is 11.5 Å². The van der Waals surface area contributed by atoms with Crippen LogP contribution in [-0.2, 0) is 7.05 Å². The maximum Gasteiger partial charge on any atom is 0.277 e. The lowest BCUT2D eigenvalue weighted by molar-refractivity contribution is 0.102. The molecule has 1 N–H and O–H groups in total. The van der Waals surface area contributed by atoms with Crippen molar-refractivity contribution >= 4 is 22.4 Å². The highest BCUT2D eigenvalue weighted by atomic mass is 32.1. The molecule has 0 unspecified atom stereocenters. The highest BCUT2D eigenvalue weighted by Gasteiger charge is 2.12. The van der Waals surface area contributed by atoms with Gasteiger partial charge in [0.05, 0.1) is 5.69 Å². The van der Waals surface area contributed by atoms with Crippen LogP contribution in [0.25, 0.3) is 11.3 Å². The molecule has 1 amide bonds. The van der Waals surface area contributed by atoms with E-state index in [0.717, 1.165) is 22.4 Å². The Kier molecular flexibility index (Phi) is 5.27. The quantitative estimate of drug-likeness (QED) is 0.745. The molecule has 0 aliphatic heterocycles. The first-order chi connectivity index (χ1) is 12.5. The normalized spacial score (nSPS) is 12.0. The van der Waals surface area contributed by atoms with Crippen molar-refractivity contribution in [3.05, 3.63) is 63.4 Å². The molecule has 134 valence electrons. The zero-order chi connectivity index (χ0) is 18.7. The smallest absolute Gasteiger partial charge is 0.277 e. The summed E-state index contributed by atoms with van der Waals surface area (Å²) in [4.78, 5) is 28.1. The topological polar surface area (TPSA) is 76.9 Å². The molecule has 0 radical (unpaired) electrons. The van der Waals surface area contributed by atoms with Crippen molar-refractivity contribution in [3.63, 3.8) is 0 Å². The number of nitrogens with zero attached hydrogens (tertiary/aromatic N) is 3. The van der Waals surface area contributed by atoms with Crippen molar-refractivity contribution in [1.29, 1.82) is 0 Å². The zero-order valence-electron chi connectivity index (χ0n) is 14.9. The van der Waals surface area contributed by atoms with Gasteiger partial charge in [0.2, 0.25) is 0 Å². The summed E-state index contributed by atoms with van der Waals surface area (Å²) in [7, 11) is 1.50. The fourth-order valence-electron chi connectivity index (χ4n) is 2.47. The van der Waals surface area contributed by atoms with Crippen LogP contribution in [0.3, 0.4) is 0 Å². The first-order valence-corrected chi connectivity index (χ1v) is 9.27. The van der Waals surface area contributed by atoms with Gasteiger partial charge in [-0.25, -0.2) is 9.67 Å². The second-order valence-corrected chi connectivity index (χ2v) is 6.96. The fraction of sp³-hybridized carbons (Fsp3) is 0.263. The minimum absolute atomic E-state index is 0.168. The first-order valence-electron chi connectivity index (χ1n) is 8.39. The molecule has 0 saturated heterocycles. The van der Waals surface area contributed by atoms with E-state index in [9.17, 15) is 9.59 Å². The van der Waals surface area contributed by atoms with Crippen LogP contribution in [0, 0.1) is 0 Å². The highest BCUT2D eigenvalue weighted by molar-refractivity contribution is 7.14. The Morgan fingerprint density at radius 1 is 1.23 bits per heavy atom. The second-order valence-electron chi connectivity index (χ2n) is 6.10. The molecule has 3 aromatic rings. The molecule has 7 heteroatoms. The maximum absolute atomic E-state index is 12.3. The molecule has 26 heavy (non-hydrogen) atoms. The van der Waals surface area contributed by atoms with E-state index in [1.807, 2.05) is 5.38 Å². The Morgan fingerprint density at radius 3 is 2.62 bits per heavy atom. The molecule has 3 rings (SSSR count). The van der Waals surface area contributed by atoms with Gasteiger partial charge in [-0.3, -0.25) is 14.9 Å². The summed E-state index contributed by atoms with van der Waals surface area (Å²) in [5.41, 5.74) is 3.03. The Labute approximate surface area is 155 Å². The van der Waals surface area contributed by atoms with Gasteiger partial charge in [0, 0.05) is 24.1 Å². The third-order valence-corrected chi connectivity index (χ3v) is 5.06. The molecule has 2 aromatic heterocycles. The van der Waals surface area contributed by atoms with Crippen LogP contribution in [0.15, 0.2) is 46.6 Å². The number of thiazole rings is 1. The van der Waals surface area contributed by atoms with Crippen molar-refractivity contribution in [2.24, 2.45) is 7.05 Å². The second kappa shape index (κ2) is 7.61. The summed E-state index contributed by atoms with van der Waals surface area (Å²) in [6.45, 7) is 4.38. The van der Waals surface area contributed by atoms with Gasteiger partial charge >= 0.3 is 0 Å². The average molecular weight is 368 g/mol. The number of hydrogen-bond donors (Lipinski definition) is 1. The van der Waals surface area contributed by atoms with Crippen molar-refractivity contribution in [2.75, 3.05) is 5.32 Å². The maximum atomic E-state index is 12.3. The number of aromatic nitrogens is 3. The van der Waals surface area contributed by atoms with Crippen molar-refractivity contribution in [2.45, 2.75) is 26.2 Å². The number of carbonyl (C=O) groups excluding carboxylic acids is 1. The molecule has 0 bridgehead atoms. The third kappa shape index (κ3) is 3.88. The van der Waals surface area contributed by atoms with Gasteiger partial charge in [-0.05, 0) is 24.0 Å². The van der Waals surface area contributed by atoms with Crippen molar-refractivity contribution in [1.82, 2.24) is 14.8 Å². The van der Waals surface area contributed by atoms with E-state index < -0.39 is 5.91 Å². The van der Waals surface area contributed by atoms with Crippen LogP contribution in [0.5, 0.6) is 0 Å². The van der Waals surface area contributed by atoms with E-state index >= 15 is 0 Å². The molecule has 0 aliphatic rings. The number of hydrogen-bond acceptors (Lipinski definition) is 5. The molecule has 2 heterocycles. The predicted molar refractivity (Wildman–Crippen MR) is 104 cm³/mol. The van der Waals surface area contributed by atoms with E-state index in [1.54, 1.807) is 0 Å². The van der Waals surface area contributed by atoms with Crippen LogP contribution in [0.1, 0.15) is 42.2 Å². The van der Waals surface area contributed by atoms with E-state index in [0.29, 0.717) is 11.0 Å². The van der Waals surface area contributed by atoms with Crippen LogP contribution in [0.4, 0.5) is 5.13 Å². The van der Waals surface area contributed by atoms with Crippen LogP contribution in [0.2, 0.25) is 0 Å². The molecule has 6 nitrogen and oxygen atoms in total. The van der Waals surface area contributed by atoms with Gasteiger partial charge in [-0.2, -0.15) is 5.10 Å². The number of amides is 1. The SMILES string of the molecule is CC[C@@H](C)c1ccc(-c2csc(NC(=O)c3ccc(=O)n(C)n3)n2)cc1. The van der Waals surface area contributed by atoms with Crippen molar-refractivity contribution < 1.29 is 4.79 Å². The summed E-state index contributed by atoms with van der Waals surface area (Å²) < 4.78 is 1.13. The third-order valence-electron chi connectivity index (χ3n) is 4.31. The number of nitrogens with one attached hydrogen (secondary N) is 1.